The highest BCUT2D eigenvalue weighted by Crippen LogP contribution is 2.17. The predicted octanol–water partition coefficient (Wildman–Crippen LogP) is 1.33. The average Bonchev–Trinajstić information content (AvgIpc) is 2.46. The minimum Gasteiger partial charge on any atom is -0.336 e. The number of hydrogen-bond acceptors (Lipinski definition) is 4. The van der Waals surface area contributed by atoms with Crippen LogP contribution in [0.3, 0.4) is 0 Å². The van der Waals surface area contributed by atoms with E-state index in [0.717, 1.165) is 32.5 Å². The number of aromatic nitrogens is 2. The van der Waals surface area contributed by atoms with Crippen molar-refractivity contribution in [2.75, 3.05) is 19.6 Å². The summed E-state index contributed by atoms with van der Waals surface area (Å²) < 4.78 is 0. The maximum absolute atomic E-state index is 12.5. The van der Waals surface area contributed by atoms with Gasteiger partial charge in [0, 0.05) is 25.0 Å². The molecular weight excluding hydrogens is 240 g/mol. The van der Waals surface area contributed by atoms with Crippen LogP contribution in [-0.4, -0.2) is 46.5 Å². The lowest BCUT2D eigenvalue weighted by Gasteiger charge is -2.32. The van der Waals surface area contributed by atoms with E-state index in [2.05, 4.69) is 29.1 Å². The van der Waals surface area contributed by atoms with Crippen molar-refractivity contribution in [3.8, 4) is 0 Å². The van der Waals surface area contributed by atoms with Crippen LogP contribution in [0.4, 0.5) is 0 Å². The zero-order valence-corrected chi connectivity index (χ0v) is 11.7. The Kier molecular flexibility index (Phi) is 4.85. The number of carbonyl (C=O) groups is 1. The summed E-state index contributed by atoms with van der Waals surface area (Å²) in [6.07, 6.45) is 6.91. The Morgan fingerprint density at radius 3 is 2.58 bits per heavy atom. The third kappa shape index (κ3) is 3.73. The Bertz CT molecular complexity index is 401. The van der Waals surface area contributed by atoms with Gasteiger partial charge in [0.25, 0.3) is 5.91 Å². The first-order chi connectivity index (χ1) is 9.18. The molecule has 19 heavy (non-hydrogen) atoms. The van der Waals surface area contributed by atoms with Crippen LogP contribution in [0.25, 0.3) is 0 Å². The summed E-state index contributed by atoms with van der Waals surface area (Å²) in [5, 5.41) is 3.35. The lowest BCUT2D eigenvalue weighted by Crippen LogP contribution is -2.43. The zero-order chi connectivity index (χ0) is 13.7. The van der Waals surface area contributed by atoms with Crippen molar-refractivity contribution in [3.63, 3.8) is 0 Å². The van der Waals surface area contributed by atoms with Crippen LogP contribution >= 0.6 is 0 Å². The Labute approximate surface area is 114 Å². The number of amides is 1. The first-order valence-electron chi connectivity index (χ1n) is 6.95. The SMILES string of the molecule is CC(C)N(CC1CCNCC1)C(=O)c1cncnc1. The molecule has 1 amide bonds. The number of piperidine rings is 1. The molecule has 5 heteroatoms. The summed E-state index contributed by atoms with van der Waals surface area (Å²) in [6, 6.07) is 0.197. The van der Waals surface area contributed by atoms with Gasteiger partial charge in [-0.25, -0.2) is 9.97 Å². The van der Waals surface area contributed by atoms with Gasteiger partial charge in [-0.05, 0) is 45.7 Å². The lowest BCUT2D eigenvalue weighted by molar-refractivity contribution is 0.0657. The fourth-order valence-electron chi connectivity index (χ4n) is 2.45. The molecule has 0 saturated carbocycles. The van der Waals surface area contributed by atoms with Gasteiger partial charge in [-0.3, -0.25) is 4.79 Å². The first-order valence-corrected chi connectivity index (χ1v) is 6.95. The molecule has 5 nitrogen and oxygen atoms in total. The number of rotatable bonds is 4. The van der Waals surface area contributed by atoms with Crippen LogP contribution in [0.5, 0.6) is 0 Å². The molecule has 1 aromatic heterocycles. The lowest BCUT2D eigenvalue weighted by atomic mass is 9.97. The molecule has 0 spiro atoms. The van der Waals surface area contributed by atoms with Crippen molar-refractivity contribution in [3.05, 3.63) is 24.3 Å². The molecule has 0 bridgehead atoms. The molecule has 1 aromatic rings. The normalized spacial score (nSPS) is 16.6. The molecule has 1 aliphatic heterocycles. The van der Waals surface area contributed by atoms with E-state index in [4.69, 9.17) is 0 Å². The second-order valence-corrected chi connectivity index (χ2v) is 5.37. The molecule has 0 atom stereocenters. The Morgan fingerprint density at radius 2 is 2.00 bits per heavy atom. The molecule has 0 radical (unpaired) electrons. The first kappa shape index (κ1) is 13.9. The Balaban J connectivity index is 2.05. The summed E-state index contributed by atoms with van der Waals surface area (Å²) in [5.74, 6) is 0.631. The van der Waals surface area contributed by atoms with Crippen LogP contribution in [-0.2, 0) is 0 Å². The van der Waals surface area contributed by atoms with E-state index in [1.165, 1.54) is 6.33 Å². The molecule has 1 saturated heterocycles. The molecule has 0 aromatic carbocycles. The summed E-state index contributed by atoms with van der Waals surface area (Å²) in [6.45, 7) is 7.05. The minimum atomic E-state index is 0.0362. The highest BCUT2D eigenvalue weighted by molar-refractivity contribution is 5.93. The Hall–Kier alpha value is -1.49. The van der Waals surface area contributed by atoms with Gasteiger partial charge in [0.1, 0.15) is 6.33 Å². The average molecular weight is 262 g/mol. The third-order valence-electron chi connectivity index (χ3n) is 3.61. The summed E-state index contributed by atoms with van der Waals surface area (Å²) in [4.78, 5) is 22.3. The van der Waals surface area contributed by atoms with Gasteiger partial charge in [0.2, 0.25) is 0 Å². The zero-order valence-electron chi connectivity index (χ0n) is 11.7. The molecule has 0 unspecified atom stereocenters. The molecular formula is C14H22N4O. The van der Waals surface area contributed by atoms with Crippen LogP contribution in [0.1, 0.15) is 37.0 Å². The number of carbonyl (C=O) groups excluding carboxylic acids is 1. The van der Waals surface area contributed by atoms with Crippen molar-refractivity contribution < 1.29 is 4.79 Å². The van der Waals surface area contributed by atoms with Crippen LogP contribution in [0.2, 0.25) is 0 Å². The monoisotopic (exact) mass is 262 g/mol. The van der Waals surface area contributed by atoms with Crippen molar-refractivity contribution in [1.29, 1.82) is 0 Å². The van der Waals surface area contributed by atoms with E-state index in [0.29, 0.717) is 11.5 Å². The topological polar surface area (TPSA) is 58.1 Å². The van der Waals surface area contributed by atoms with Crippen molar-refractivity contribution in [2.45, 2.75) is 32.7 Å². The number of nitrogens with one attached hydrogen (secondary N) is 1. The number of hydrogen-bond donors (Lipinski definition) is 1. The van der Waals surface area contributed by atoms with Gasteiger partial charge in [0.15, 0.2) is 0 Å². The second kappa shape index (κ2) is 6.61. The molecule has 104 valence electrons. The van der Waals surface area contributed by atoms with Crippen LogP contribution in [0, 0.1) is 5.92 Å². The quantitative estimate of drug-likeness (QED) is 0.889. The minimum absolute atomic E-state index is 0.0362. The summed E-state index contributed by atoms with van der Waals surface area (Å²) in [7, 11) is 0. The van der Waals surface area contributed by atoms with Gasteiger partial charge in [-0.2, -0.15) is 0 Å². The molecule has 0 aliphatic carbocycles. The van der Waals surface area contributed by atoms with E-state index in [1.54, 1.807) is 12.4 Å². The van der Waals surface area contributed by atoms with E-state index in [9.17, 15) is 4.79 Å². The summed E-state index contributed by atoms with van der Waals surface area (Å²) in [5.41, 5.74) is 0.574. The molecule has 1 fully saturated rings. The maximum atomic E-state index is 12.5. The molecule has 1 aliphatic rings. The van der Waals surface area contributed by atoms with E-state index < -0.39 is 0 Å². The third-order valence-corrected chi connectivity index (χ3v) is 3.61. The molecule has 2 rings (SSSR count). The smallest absolute Gasteiger partial charge is 0.257 e. The van der Waals surface area contributed by atoms with Gasteiger partial charge < -0.3 is 10.2 Å². The second-order valence-electron chi connectivity index (χ2n) is 5.37. The largest absolute Gasteiger partial charge is 0.336 e. The highest BCUT2D eigenvalue weighted by atomic mass is 16.2. The van der Waals surface area contributed by atoms with Crippen molar-refractivity contribution >= 4 is 5.91 Å². The van der Waals surface area contributed by atoms with Gasteiger partial charge in [0.05, 0.1) is 5.56 Å². The van der Waals surface area contributed by atoms with Gasteiger partial charge in [-0.1, -0.05) is 0 Å². The van der Waals surface area contributed by atoms with Gasteiger partial charge in [-0.15, -0.1) is 0 Å². The Morgan fingerprint density at radius 1 is 1.37 bits per heavy atom. The highest BCUT2D eigenvalue weighted by Gasteiger charge is 2.24. The fourth-order valence-corrected chi connectivity index (χ4v) is 2.45. The van der Waals surface area contributed by atoms with Crippen molar-refractivity contribution in [2.24, 2.45) is 5.92 Å². The van der Waals surface area contributed by atoms with Crippen molar-refractivity contribution in [1.82, 2.24) is 20.2 Å². The fraction of sp³-hybridized carbons (Fsp3) is 0.643. The maximum Gasteiger partial charge on any atom is 0.257 e. The number of nitrogens with zero attached hydrogens (tertiary/aromatic N) is 3. The summed E-state index contributed by atoms with van der Waals surface area (Å²) >= 11 is 0. The standard InChI is InChI=1S/C14H22N4O/c1-11(2)18(9-12-3-5-15-6-4-12)14(19)13-7-16-10-17-8-13/h7-8,10-12,15H,3-6,9H2,1-2H3. The van der Waals surface area contributed by atoms with Crippen LogP contribution in [0.15, 0.2) is 18.7 Å². The molecule has 2 heterocycles. The van der Waals surface area contributed by atoms with Gasteiger partial charge >= 0.3 is 0 Å². The van der Waals surface area contributed by atoms with Crippen LogP contribution < -0.4 is 5.32 Å². The van der Waals surface area contributed by atoms with E-state index in [1.807, 2.05) is 4.90 Å². The van der Waals surface area contributed by atoms with E-state index >= 15 is 0 Å². The predicted molar refractivity (Wildman–Crippen MR) is 73.8 cm³/mol. The van der Waals surface area contributed by atoms with E-state index in [-0.39, 0.29) is 11.9 Å². The molecule has 1 N–H and O–H groups in total.